The number of hydrogen-bond donors (Lipinski definition) is 1. The van der Waals surface area contributed by atoms with Crippen molar-refractivity contribution in [3.63, 3.8) is 0 Å². The first-order chi connectivity index (χ1) is 33.1. The predicted octanol–water partition coefficient (Wildman–Crippen LogP) is 16.4. The van der Waals surface area contributed by atoms with E-state index in [4.69, 9.17) is 9.47 Å². The van der Waals surface area contributed by atoms with Crippen LogP contribution in [0.2, 0.25) is 36.3 Å². The zero-order valence-electron chi connectivity index (χ0n) is 42.6. The van der Waals surface area contributed by atoms with Crippen LogP contribution in [0.4, 0.5) is 26.3 Å². The Bertz CT molecular complexity index is 1950. The van der Waals surface area contributed by atoms with Crippen molar-refractivity contribution in [1.82, 2.24) is 4.86 Å². The van der Waals surface area contributed by atoms with Crippen molar-refractivity contribution in [3.05, 3.63) is 97.1 Å². The maximum atomic E-state index is 14.5. The van der Waals surface area contributed by atoms with Gasteiger partial charge in [-0.2, -0.15) is 4.86 Å². The molecule has 1 fully saturated rings. The molecule has 3 nitrogen and oxygen atoms in total. The molecule has 5 rings (SSSR count). The lowest BCUT2D eigenvalue weighted by atomic mass is 10.0. The van der Waals surface area contributed by atoms with Gasteiger partial charge in [0.25, 0.3) is 0 Å². The number of unbranched alkanes of at least 4 members (excludes halogenated alkanes) is 6. The molecule has 0 radical (unpaired) electrons. The summed E-state index contributed by atoms with van der Waals surface area (Å²) in [5.41, 5.74) is 0.0733. The summed E-state index contributed by atoms with van der Waals surface area (Å²) in [6, 6.07) is 38.1. The van der Waals surface area contributed by atoms with Crippen molar-refractivity contribution in [1.29, 1.82) is 0 Å². The van der Waals surface area contributed by atoms with Gasteiger partial charge in [-0.25, -0.2) is 0 Å². The molecule has 13 heteroatoms. The lowest BCUT2D eigenvalue weighted by molar-refractivity contribution is -0.275. The summed E-state index contributed by atoms with van der Waals surface area (Å²) in [5.74, 6) is -0.852. The lowest BCUT2D eigenvalue weighted by Gasteiger charge is -2.41. The minimum Gasteiger partial charge on any atom is -0.405 e. The Morgan fingerprint density at radius 2 is 0.841 bits per heavy atom. The summed E-state index contributed by atoms with van der Waals surface area (Å²) < 4.78 is 96.7. The van der Waals surface area contributed by atoms with Crippen LogP contribution in [0.15, 0.2) is 97.1 Å². The lowest BCUT2D eigenvalue weighted by Crippen LogP contribution is -2.51. The Morgan fingerprint density at radius 3 is 1.17 bits per heavy atom. The van der Waals surface area contributed by atoms with Crippen molar-refractivity contribution in [2.24, 2.45) is 0 Å². The molecule has 1 aliphatic carbocycles. The number of halogens is 6. The van der Waals surface area contributed by atoms with Crippen LogP contribution in [0, 0.1) is 0 Å². The Hall–Kier alpha value is -2.69. The fourth-order valence-corrected chi connectivity index (χ4v) is 31.4. The quantitative estimate of drug-likeness (QED) is 0.0334. The van der Waals surface area contributed by atoms with Gasteiger partial charge in [0.15, 0.2) is 7.41 Å². The molecule has 0 unspecified atom stereocenters. The molecule has 0 amide bonds. The van der Waals surface area contributed by atoms with Crippen molar-refractivity contribution in [3.8, 4) is 11.5 Å². The minimum atomic E-state index is -5.04. The Kier molecular flexibility index (Phi) is 22.7. The molecule has 0 aliphatic heterocycles. The number of ether oxygens (including phenoxy) is 2. The zero-order chi connectivity index (χ0) is 50.0. The summed E-state index contributed by atoms with van der Waals surface area (Å²) in [7, 11) is -9.44. The smallest absolute Gasteiger partial charge is 0.405 e. The van der Waals surface area contributed by atoms with Crippen molar-refractivity contribution in [2.75, 3.05) is 0 Å². The van der Waals surface area contributed by atoms with E-state index < -0.39 is 55.9 Å². The van der Waals surface area contributed by atoms with Crippen LogP contribution in [0.5, 0.6) is 11.5 Å². The molecule has 1 N–H and O–H groups in total. The number of rotatable bonds is 29. The molecule has 0 saturated heterocycles. The van der Waals surface area contributed by atoms with E-state index in [1.165, 1.54) is 70.9 Å². The third-order valence-electron chi connectivity index (χ3n) is 14.8. The molecular formula is C56H82F6NO2P2Si2+. The summed E-state index contributed by atoms with van der Waals surface area (Å²) in [6.07, 6.45) is 8.42. The highest BCUT2D eigenvalue weighted by Gasteiger charge is 2.55. The van der Waals surface area contributed by atoms with Gasteiger partial charge in [-0.05, 0) is 74.2 Å². The monoisotopic (exact) mass is 1030 g/mol. The average Bonchev–Trinajstić information content (AvgIpc) is 3.34. The van der Waals surface area contributed by atoms with E-state index in [0.29, 0.717) is 0 Å². The second-order valence-corrected chi connectivity index (χ2v) is 34.7. The first-order valence-electron chi connectivity index (χ1n) is 26.5. The number of benzene rings is 4. The summed E-state index contributed by atoms with van der Waals surface area (Å²) >= 11 is 0. The van der Waals surface area contributed by atoms with Crippen LogP contribution in [-0.4, -0.2) is 34.5 Å². The third-order valence-corrected chi connectivity index (χ3v) is 33.3. The maximum Gasteiger partial charge on any atom is 0.573 e. The molecule has 4 aromatic rings. The maximum absolute atomic E-state index is 14.5. The van der Waals surface area contributed by atoms with Gasteiger partial charge in [-0.3, -0.25) is 0 Å². The Balaban J connectivity index is 1.98. The molecule has 0 spiro atoms. The summed E-state index contributed by atoms with van der Waals surface area (Å²) in [4.78, 5) is 4.28. The van der Waals surface area contributed by atoms with E-state index in [9.17, 15) is 26.3 Å². The van der Waals surface area contributed by atoms with Gasteiger partial charge < -0.3 is 9.47 Å². The third kappa shape index (κ3) is 15.4. The van der Waals surface area contributed by atoms with Gasteiger partial charge in [-0.1, -0.05) is 220 Å². The van der Waals surface area contributed by atoms with Crippen LogP contribution in [0.25, 0.3) is 0 Å². The van der Waals surface area contributed by atoms with E-state index in [0.717, 1.165) is 120 Å². The number of hydrogen-bond acceptors (Lipinski definition) is 3. The summed E-state index contributed by atoms with van der Waals surface area (Å²) in [5, 5.41) is 5.54. The predicted molar refractivity (Wildman–Crippen MR) is 291 cm³/mol. The zero-order valence-corrected chi connectivity index (χ0v) is 46.3. The molecule has 0 aromatic heterocycles. The minimum absolute atomic E-state index is 0.0733. The average molecular weight is 1030 g/mol. The fraction of sp³-hybridized carbons (Fsp3) is 0.571. The van der Waals surface area contributed by atoms with Crippen molar-refractivity contribution >= 4 is 63.2 Å². The number of para-hydroxylation sites is 2. The summed E-state index contributed by atoms with van der Waals surface area (Å²) in [6.45, 7) is 13.7. The van der Waals surface area contributed by atoms with Gasteiger partial charge >= 0.3 is 12.7 Å². The first-order valence-corrected chi connectivity index (χ1v) is 35.0. The standard InChI is InChI=1S/C56H82F6NO2P2Si2/c1-7-13-38-68(39-14-8-2,40-15-9-3)49-32-26-30-47(44-49)67(46-28-20-19-21-29-46,48-31-27-33-50(45-48)69(41-16-10-4,42-17-11-5)43-18-12-6)63-66(53-36-24-22-34-51(53)64-55(57,58)59)54-37-25-23-35-52(54)65-56(60,61)62/h22-27,30-37,44-46,63H,7-21,28-29,38-43H2,1-6H3/q+1. The highest BCUT2D eigenvalue weighted by Crippen LogP contribution is 2.66. The van der Waals surface area contributed by atoms with Gasteiger partial charge in [0.1, 0.15) is 22.1 Å². The van der Waals surface area contributed by atoms with Crippen molar-refractivity contribution in [2.45, 2.75) is 205 Å². The largest absolute Gasteiger partial charge is 0.573 e. The van der Waals surface area contributed by atoms with E-state index >= 15 is 0 Å². The molecule has 1 aliphatic rings. The van der Waals surface area contributed by atoms with Gasteiger partial charge in [-0.15, -0.1) is 26.3 Å². The molecule has 382 valence electrons. The van der Waals surface area contributed by atoms with E-state index in [1.54, 1.807) is 24.3 Å². The molecule has 4 aromatic carbocycles. The van der Waals surface area contributed by atoms with Crippen molar-refractivity contribution < 1.29 is 35.8 Å². The topological polar surface area (TPSA) is 30.5 Å². The molecule has 0 heterocycles. The molecule has 0 bridgehead atoms. The highest BCUT2D eigenvalue weighted by atomic mass is 31.2. The Morgan fingerprint density at radius 1 is 0.493 bits per heavy atom. The van der Waals surface area contributed by atoms with Crippen LogP contribution < -0.4 is 45.9 Å². The van der Waals surface area contributed by atoms with Gasteiger partial charge in [0.05, 0.1) is 29.9 Å². The van der Waals surface area contributed by atoms with E-state index in [-0.39, 0.29) is 16.3 Å². The van der Waals surface area contributed by atoms with E-state index in [2.05, 4.69) is 94.9 Å². The molecule has 0 atom stereocenters. The van der Waals surface area contributed by atoms with Crippen LogP contribution in [-0.2, 0) is 0 Å². The van der Waals surface area contributed by atoms with Crippen LogP contribution >= 0.6 is 15.5 Å². The SMILES string of the molecule is CCCC[Si](CCCC)(CCCC)c1cccc([P+](NP(c2ccccc2OC(F)(F)F)c2ccccc2OC(F)(F)F)(c2cccc([Si](CCCC)(CCCC)CCCC)c2)C2CCCCC2)c1. The molecular weight excluding hydrogens is 951 g/mol. The van der Waals surface area contributed by atoms with Gasteiger partial charge in [0, 0.05) is 10.6 Å². The van der Waals surface area contributed by atoms with Gasteiger partial charge in [0.2, 0.25) is 0 Å². The molecule has 69 heavy (non-hydrogen) atoms. The normalized spacial score (nSPS) is 14.4. The van der Waals surface area contributed by atoms with Crippen LogP contribution in [0.1, 0.15) is 151 Å². The van der Waals surface area contributed by atoms with E-state index in [1.807, 2.05) is 0 Å². The fourth-order valence-electron chi connectivity index (χ4n) is 11.2. The first kappa shape index (κ1) is 57.2. The number of nitrogens with one attached hydrogen (secondary N) is 1. The molecule has 1 saturated carbocycles. The second-order valence-electron chi connectivity index (χ2n) is 19.8. The highest BCUT2D eigenvalue weighted by molar-refractivity contribution is 7.96. The second kappa shape index (κ2) is 27.4. The number of alkyl halides is 6. The van der Waals surface area contributed by atoms with Crippen LogP contribution in [0.3, 0.4) is 0 Å². The Labute approximate surface area is 416 Å².